The first kappa shape index (κ1) is 13.1. The van der Waals surface area contributed by atoms with E-state index < -0.39 is 0 Å². The van der Waals surface area contributed by atoms with Crippen molar-refractivity contribution < 1.29 is 9.59 Å². The lowest BCUT2D eigenvalue weighted by atomic mass is 10.1. The molecule has 0 N–H and O–H groups in total. The Kier molecular flexibility index (Phi) is 3.22. The van der Waals surface area contributed by atoms with Crippen LogP contribution < -0.4 is 4.90 Å². The molecule has 1 fully saturated rings. The zero-order valence-corrected chi connectivity index (χ0v) is 12.6. The number of benzene rings is 2. The molecule has 4 nitrogen and oxygen atoms in total. The predicted octanol–water partition coefficient (Wildman–Crippen LogP) is 3.39. The molecule has 3 amide bonds. The Balaban J connectivity index is 2.21. The van der Waals surface area contributed by atoms with Crippen molar-refractivity contribution in [2.75, 3.05) is 18.5 Å². The van der Waals surface area contributed by atoms with Gasteiger partial charge in [-0.1, -0.05) is 40.2 Å². The number of amides is 3. The van der Waals surface area contributed by atoms with Crippen LogP contribution in [-0.4, -0.2) is 30.4 Å². The summed E-state index contributed by atoms with van der Waals surface area (Å²) in [5, 5.41) is 1.87. The van der Waals surface area contributed by atoms with E-state index in [-0.39, 0.29) is 11.9 Å². The van der Waals surface area contributed by atoms with Crippen LogP contribution in [0.1, 0.15) is 6.42 Å². The van der Waals surface area contributed by atoms with Crippen LogP contribution in [0.2, 0.25) is 0 Å². The molecule has 0 atom stereocenters. The van der Waals surface area contributed by atoms with Crippen LogP contribution in [0.15, 0.2) is 40.9 Å². The molecule has 3 rings (SSSR count). The predicted molar refractivity (Wildman–Crippen MR) is 81.8 cm³/mol. The van der Waals surface area contributed by atoms with Gasteiger partial charge in [-0.05, 0) is 17.5 Å². The molecule has 1 aliphatic heterocycles. The van der Waals surface area contributed by atoms with Crippen LogP contribution in [0.25, 0.3) is 10.8 Å². The highest BCUT2D eigenvalue weighted by Gasteiger charge is 2.32. The second-order valence-corrected chi connectivity index (χ2v) is 5.65. The number of imide groups is 1. The topological polar surface area (TPSA) is 40.6 Å². The standard InChI is InChI=1S/C15H13BrN2O2/c1-17-9-8-14(19)18(15(17)20)13-7-3-4-10-11(13)5-2-6-12(10)16/h2-7H,8-9H2,1H3. The minimum Gasteiger partial charge on any atom is -0.327 e. The summed E-state index contributed by atoms with van der Waals surface area (Å²) >= 11 is 3.50. The number of urea groups is 1. The average Bonchev–Trinajstić information content (AvgIpc) is 2.44. The van der Waals surface area contributed by atoms with Crippen molar-refractivity contribution in [2.45, 2.75) is 6.42 Å². The summed E-state index contributed by atoms with van der Waals surface area (Å²) in [4.78, 5) is 27.3. The number of anilines is 1. The van der Waals surface area contributed by atoms with Crippen LogP contribution in [-0.2, 0) is 4.79 Å². The van der Waals surface area contributed by atoms with E-state index in [1.54, 1.807) is 11.9 Å². The van der Waals surface area contributed by atoms with Gasteiger partial charge in [0.05, 0.1) is 5.69 Å². The first-order chi connectivity index (χ1) is 9.59. The number of carbonyl (C=O) groups is 2. The zero-order chi connectivity index (χ0) is 14.3. The van der Waals surface area contributed by atoms with Gasteiger partial charge in [-0.25, -0.2) is 9.69 Å². The Hall–Kier alpha value is -1.88. The fraction of sp³-hybridized carbons (Fsp3) is 0.200. The van der Waals surface area contributed by atoms with Crippen molar-refractivity contribution in [1.82, 2.24) is 4.90 Å². The van der Waals surface area contributed by atoms with E-state index in [4.69, 9.17) is 0 Å². The Morgan fingerprint density at radius 2 is 1.75 bits per heavy atom. The molecule has 0 aromatic heterocycles. The molecule has 0 spiro atoms. The number of carbonyl (C=O) groups excluding carboxylic acids is 2. The molecule has 1 aliphatic rings. The highest BCUT2D eigenvalue weighted by Crippen LogP contribution is 2.33. The Labute approximate surface area is 125 Å². The molecule has 5 heteroatoms. The van der Waals surface area contributed by atoms with Crippen molar-refractivity contribution in [3.8, 4) is 0 Å². The molecule has 0 unspecified atom stereocenters. The fourth-order valence-electron chi connectivity index (χ4n) is 2.44. The summed E-state index contributed by atoms with van der Waals surface area (Å²) in [6, 6.07) is 11.1. The van der Waals surface area contributed by atoms with Crippen molar-refractivity contribution in [2.24, 2.45) is 0 Å². The normalized spacial score (nSPS) is 16.1. The molecule has 1 saturated heterocycles. The number of rotatable bonds is 1. The first-order valence-electron chi connectivity index (χ1n) is 6.35. The summed E-state index contributed by atoms with van der Waals surface area (Å²) in [6.45, 7) is 0.475. The summed E-state index contributed by atoms with van der Waals surface area (Å²) in [5.41, 5.74) is 0.644. The lowest BCUT2D eigenvalue weighted by molar-refractivity contribution is -0.119. The minimum absolute atomic E-state index is 0.152. The zero-order valence-electron chi connectivity index (χ0n) is 11.0. The highest BCUT2D eigenvalue weighted by atomic mass is 79.9. The van der Waals surface area contributed by atoms with Crippen molar-refractivity contribution in [1.29, 1.82) is 0 Å². The van der Waals surface area contributed by atoms with E-state index in [9.17, 15) is 9.59 Å². The molecular formula is C15H13BrN2O2. The van der Waals surface area contributed by atoms with Gasteiger partial charge >= 0.3 is 6.03 Å². The maximum atomic E-state index is 12.3. The quantitative estimate of drug-likeness (QED) is 0.803. The lowest BCUT2D eigenvalue weighted by Gasteiger charge is -2.32. The van der Waals surface area contributed by atoms with Gasteiger partial charge in [-0.15, -0.1) is 0 Å². The summed E-state index contributed by atoms with van der Waals surface area (Å²) in [6.07, 6.45) is 0.354. The molecule has 102 valence electrons. The Morgan fingerprint density at radius 3 is 2.55 bits per heavy atom. The number of hydrogen-bond donors (Lipinski definition) is 0. The number of hydrogen-bond acceptors (Lipinski definition) is 2. The largest absolute Gasteiger partial charge is 0.331 e. The highest BCUT2D eigenvalue weighted by molar-refractivity contribution is 9.10. The Bertz CT molecular complexity index is 714. The molecular weight excluding hydrogens is 320 g/mol. The Morgan fingerprint density at radius 1 is 1.05 bits per heavy atom. The van der Waals surface area contributed by atoms with Gasteiger partial charge < -0.3 is 4.90 Å². The molecule has 2 aromatic rings. The van der Waals surface area contributed by atoms with Gasteiger partial charge in [0.25, 0.3) is 0 Å². The maximum Gasteiger partial charge on any atom is 0.331 e. The van der Waals surface area contributed by atoms with Crippen LogP contribution in [0.5, 0.6) is 0 Å². The van der Waals surface area contributed by atoms with Crippen LogP contribution in [0.3, 0.4) is 0 Å². The van der Waals surface area contributed by atoms with Gasteiger partial charge in [-0.2, -0.15) is 0 Å². The number of nitrogens with zero attached hydrogens (tertiary/aromatic N) is 2. The third kappa shape index (κ3) is 1.98. The van der Waals surface area contributed by atoms with E-state index in [1.807, 2.05) is 36.4 Å². The third-order valence-corrected chi connectivity index (χ3v) is 4.21. The van der Waals surface area contributed by atoms with E-state index in [1.165, 1.54) is 4.90 Å². The van der Waals surface area contributed by atoms with Gasteiger partial charge in [-0.3, -0.25) is 4.79 Å². The van der Waals surface area contributed by atoms with Crippen molar-refractivity contribution in [3.63, 3.8) is 0 Å². The van der Waals surface area contributed by atoms with Gasteiger partial charge in [0.2, 0.25) is 5.91 Å². The molecule has 1 heterocycles. The summed E-state index contributed by atoms with van der Waals surface area (Å²) < 4.78 is 0.946. The van der Waals surface area contributed by atoms with E-state index >= 15 is 0 Å². The second-order valence-electron chi connectivity index (χ2n) is 4.80. The van der Waals surface area contributed by atoms with Crippen molar-refractivity contribution in [3.05, 3.63) is 40.9 Å². The number of fused-ring (bicyclic) bond motifs is 1. The first-order valence-corrected chi connectivity index (χ1v) is 7.14. The third-order valence-electron chi connectivity index (χ3n) is 3.52. The maximum absolute atomic E-state index is 12.3. The molecule has 20 heavy (non-hydrogen) atoms. The lowest BCUT2D eigenvalue weighted by Crippen LogP contribution is -2.50. The van der Waals surface area contributed by atoms with Gasteiger partial charge in [0.15, 0.2) is 0 Å². The van der Waals surface area contributed by atoms with E-state index in [0.29, 0.717) is 18.7 Å². The summed E-state index contributed by atoms with van der Waals surface area (Å²) in [7, 11) is 1.71. The molecule has 0 bridgehead atoms. The average molecular weight is 333 g/mol. The fourth-order valence-corrected chi connectivity index (χ4v) is 2.93. The van der Waals surface area contributed by atoms with Gasteiger partial charge in [0, 0.05) is 29.9 Å². The minimum atomic E-state index is -0.270. The molecule has 2 aromatic carbocycles. The van der Waals surface area contributed by atoms with Gasteiger partial charge in [0.1, 0.15) is 0 Å². The number of halogens is 1. The van der Waals surface area contributed by atoms with E-state index in [0.717, 1.165) is 15.2 Å². The van der Waals surface area contributed by atoms with E-state index in [2.05, 4.69) is 15.9 Å². The monoisotopic (exact) mass is 332 g/mol. The molecule has 0 radical (unpaired) electrons. The molecule has 0 saturated carbocycles. The SMILES string of the molecule is CN1CCC(=O)N(c2cccc3c(Br)cccc23)C1=O. The van der Waals surface area contributed by atoms with Crippen LogP contribution in [0, 0.1) is 0 Å². The smallest absolute Gasteiger partial charge is 0.327 e. The summed E-state index contributed by atoms with van der Waals surface area (Å²) in [5.74, 6) is -0.152. The van der Waals surface area contributed by atoms with Crippen LogP contribution in [0.4, 0.5) is 10.5 Å². The molecule has 0 aliphatic carbocycles. The second kappa shape index (κ2) is 4.90. The van der Waals surface area contributed by atoms with Crippen molar-refractivity contribution >= 4 is 44.3 Å². The van der Waals surface area contributed by atoms with Crippen LogP contribution >= 0.6 is 15.9 Å².